The highest BCUT2D eigenvalue weighted by Crippen LogP contribution is 2.19. The topological polar surface area (TPSA) is 50.8 Å². The Kier molecular flexibility index (Phi) is 6.04. The number of benzene rings is 1. The molecule has 1 aliphatic rings. The zero-order valence-corrected chi connectivity index (χ0v) is 14.8. The summed E-state index contributed by atoms with van der Waals surface area (Å²) in [6.07, 6.45) is -1.14. The quantitative estimate of drug-likeness (QED) is 0.916. The van der Waals surface area contributed by atoms with E-state index in [1.54, 1.807) is 27.9 Å². The molecule has 1 aromatic carbocycles. The molecule has 2 rings (SSSR count). The van der Waals surface area contributed by atoms with Gasteiger partial charge in [-0.25, -0.2) is 9.18 Å². The summed E-state index contributed by atoms with van der Waals surface area (Å²) in [7, 11) is 1.63. The zero-order valence-electron chi connectivity index (χ0n) is 14.8. The number of hydrogen-bond donors (Lipinski definition) is 1. The van der Waals surface area contributed by atoms with E-state index in [0.717, 1.165) is 11.3 Å². The van der Waals surface area contributed by atoms with Crippen molar-refractivity contribution in [2.24, 2.45) is 0 Å². The Morgan fingerprint density at radius 3 is 2.54 bits per heavy atom. The van der Waals surface area contributed by atoms with Crippen LogP contribution in [-0.4, -0.2) is 49.0 Å². The van der Waals surface area contributed by atoms with Gasteiger partial charge in [0, 0.05) is 32.1 Å². The Balaban J connectivity index is 1.90. The van der Waals surface area contributed by atoms with Gasteiger partial charge in [0.2, 0.25) is 0 Å². The molecule has 1 aromatic rings. The van der Waals surface area contributed by atoms with Crippen LogP contribution in [0.2, 0.25) is 0 Å². The van der Waals surface area contributed by atoms with Gasteiger partial charge in [0.05, 0.1) is 7.11 Å². The van der Waals surface area contributed by atoms with Gasteiger partial charge in [-0.05, 0) is 38.5 Å². The third kappa shape index (κ3) is 6.00. The molecule has 0 saturated carbocycles. The highest BCUT2D eigenvalue weighted by Gasteiger charge is 2.29. The first-order valence-electron chi connectivity index (χ1n) is 8.24. The lowest BCUT2D eigenvalue weighted by molar-refractivity contribution is 0.0425. The van der Waals surface area contributed by atoms with Crippen molar-refractivity contribution in [1.82, 2.24) is 10.2 Å². The fraction of sp³-hybridized carbons (Fsp3) is 0.611. The molecule has 0 aromatic heterocycles. The van der Waals surface area contributed by atoms with Crippen LogP contribution >= 0.6 is 0 Å². The molecule has 1 N–H and O–H groups in total. The van der Waals surface area contributed by atoms with Gasteiger partial charge in [0.1, 0.15) is 17.5 Å². The largest absolute Gasteiger partial charge is 0.497 e. The Morgan fingerprint density at radius 1 is 1.29 bits per heavy atom. The maximum Gasteiger partial charge on any atom is 0.407 e. The molecule has 1 amide bonds. The lowest BCUT2D eigenvalue weighted by Crippen LogP contribution is -2.52. The van der Waals surface area contributed by atoms with E-state index >= 15 is 0 Å². The van der Waals surface area contributed by atoms with Crippen LogP contribution in [0.4, 0.5) is 9.18 Å². The molecule has 1 heterocycles. The lowest BCUT2D eigenvalue weighted by atomic mass is 10.0. The smallest absolute Gasteiger partial charge is 0.407 e. The average Bonchev–Trinajstić information content (AvgIpc) is 2.45. The summed E-state index contributed by atoms with van der Waals surface area (Å²) in [5.41, 5.74) is 0.525. The number of carbonyl (C=O) groups is 1. The second kappa shape index (κ2) is 7.83. The van der Waals surface area contributed by atoms with Gasteiger partial charge in [-0.3, -0.25) is 4.90 Å². The first kappa shape index (κ1) is 18.5. The van der Waals surface area contributed by atoms with E-state index in [9.17, 15) is 9.18 Å². The molecule has 1 fully saturated rings. The molecular formula is C18H27FN2O3. The molecule has 6 heteroatoms. The third-order valence-electron chi connectivity index (χ3n) is 3.76. The molecule has 5 nitrogen and oxygen atoms in total. The number of alkyl carbamates (subject to hydrolysis) is 1. The van der Waals surface area contributed by atoms with Crippen LogP contribution in [0.25, 0.3) is 0 Å². The number of nitrogens with one attached hydrogen (secondary N) is 1. The van der Waals surface area contributed by atoms with Gasteiger partial charge in [-0.2, -0.15) is 0 Å². The number of halogens is 1. The van der Waals surface area contributed by atoms with E-state index in [4.69, 9.17) is 9.47 Å². The van der Waals surface area contributed by atoms with Crippen LogP contribution in [0.15, 0.2) is 24.3 Å². The molecule has 2 atom stereocenters. The monoisotopic (exact) mass is 338 g/mol. The standard InChI is InChI=1S/C18H27FN2O3/c1-18(2,3)24-17(22)20-15-9-14(19)11-21(12-15)10-13-5-7-16(23-4)8-6-13/h5-8,14-15H,9-12H2,1-4H3,(H,20,22)/t14-,15-/m0/s1. The summed E-state index contributed by atoms with van der Waals surface area (Å²) in [5, 5.41) is 2.78. The number of ether oxygens (including phenoxy) is 2. The second-order valence-corrected chi connectivity index (χ2v) is 7.22. The van der Waals surface area contributed by atoms with Crippen molar-refractivity contribution < 1.29 is 18.7 Å². The molecule has 0 bridgehead atoms. The van der Waals surface area contributed by atoms with E-state index in [0.29, 0.717) is 26.1 Å². The lowest BCUT2D eigenvalue weighted by Gasteiger charge is -2.35. The molecule has 134 valence electrons. The first-order valence-corrected chi connectivity index (χ1v) is 8.24. The molecule has 0 unspecified atom stereocenters. The summed E-state index contributed by atoms with van der Waals surface area (Å²) in [5.74, 6) is 0.797. The van der Waals surface area contributed by atoms with Crippen molar-refractivity contribution in [3.63, 3.8) is 0 Å². The molecular weight excluding hydrogens is 311 g/mol. The number of nitrogens with zero attached hydrogens (tertiary/aromatic N) is 1. The van der Waals surface area contributed by atoms with Crippen molar-refractivity contribution >= 4 is 6.09 Å². The number of methoxy groups -OCH3 is 1. The van der Waals surface area contributed by atoms with Gasteiger partial charge in [0.25, 0.3) is 0 Å². The number of rotatable bonds is 4. The third-order valence-corrected chi connectivity index (χ3v) is 3.76. The van der Waals surface area contributed by atoms with Gasteiger partial charge in [-0.15, -0.1) is 0 Å². The average molecular weight is 338 g/mol. The fourth-order valence-corrected chi connectivity index (χ4v) is 2.82. The normalized spacial score (nSPS) is 22.0. The van der Waals surface area contributed by atoms with E-state index in [1.165, 1.54) is 0 Å². The number of amides is 1. The predicted octanol–water partition coefficient (Wildman–Crippen LogP) is 3.13. The maximum atomic E-state index is 14.0. The first-order chi connectivity index (χ1) is 11.2. The highest BCUT2D eigenvalue weighted by molar-refractivity contribution is 5.68. The van der Waals surface area contributed by atoms with Crippen LogP contribution in [0.3, 0.4) is 0 Å². The summed E-state index contributed by atoms with van der Waals surface area (Å²) in [4.78, 5) is 13.9. The van der Waals surface area contributed by atoms with Crippen molar-refractivity contribution in [2.45, 2.75) is 51.6 Å². The molecule has 1 saturated heterocycles. The van der Waals surface area contributed by atoms with E-state index in [-0.39, 0.29) is 6.04 Å². The SMILES string of the molecule is COc1ccc(CN2C[C@@H](F)C[C@H](NC(=O)OC(C)(C)C)C2)cc1. The second-order valence-electron chi connectivity index (χ2n) is 7.22. The number of hydrogen-bond acceptors (Lipinski definition) is 4. The van der Waals surface area contributed by atoms with Crippen LogP contribution in [-0.2, 0) is 11.3 Å². The fourth-order valence-electron chi connectivity index (χ4n) is 2.82. The molecule has 0 aliphatic carbocycles. The highest BCUT2D eigenvalue weighted by atomic mass is 19.1. The summed E-state index contributed by atoms with van der Waals surface area (Å²) in [6, 6.07) is 7.47. The predicted molar refractivity (Wildman–Crippen MR) is 90.9 cm³/mol. The van der Waals surface area contributed by atoms with Gasteiger partial charge >= 0.3 is 6.09 Å². The van der Waals surface area contributed by atoms with Crippen molar-refractivity contribution in [3.8, 4) is 5.75 Å². The summed E-state index contributed by atoms with van der Waals surface area (Å²) in [6.45, 7) is 7.03. The number of likely N-dealkylation sites (tertiary alicyclic amines) is 1. The van der Waals surface area contributed by atoms with E-state index in [1.807, 2.05) is 29.2 Å². The molecule has 0 radical (unpaired) electrons. The van der Waals surface area contributed by atoms with Gasteiger partial charge in [-0.1, -0.05) is 12.1 Å². The van der Waals surface area contributed by atoms with Crippen LogP contribution in [0.1, 0.15) is 32.8 Å². The zero-order chi connectivity index (χ0) is 17.7. The minimum Gasteiger partial charge on any atom is -0.497 e. The molecule has 1 aliphatic heterocycles. The number of carbonyl (C=O) groups excluding carboxylic acids is 1. The van der Waals surface area contributed by atoms with Gasteiger partial charge in [0.15, 0.2) is 0 Å². The van der Waals surface area contributed by atoms with E-state index < -0.39 is 17.9 Å². The minimum atomic E-state index is -0.961. The van der Waals surface area contributed by atoms with Crippen LogP contribution < -0.4 is 10.1 Å². The molecule has 24 heavy (non-hydrogen) atoms. The Morgan fingerprint density at radius 2 is 1.96 bits per heavy atom. The summed E-state index contributed by atoms with van der Waals surface area (Å²) < 4.78 is 24.4. The number of piperidine rings is 1. The Labute approximate surface area is 143 Å². The minimum absolute atomic E-state index is 0.248. The van der Waals surface area contributed by atoms with Crippen molar-refractivity contribution in [3.05, 3.63) is 29.8 Å². The van der Waals surface area contributed by atoms with Crippen molar-refractivity contribution in [2.75, 3.05) is 20.2 Å². The molecule has 0 spiro atoms. The van der Waals surface area contributed by atoms with Crippen molar-refractivity contribution in [1.29, 1.82) is 0 Å². The van der Waals surface area contributed by atoms with E-state index in [2.05, 4.69) is 5.32 Å². The Bertz CT molecular complexity index is 542. The van der Waals surface area contributed by atoms with Crippen LogP contribution in [0, 0.1) is 0 Å². The number of alkyl halides is 1. The Hall–Kier alpha value is -1.82. The summed E-state index contributed by atoms with van der Waals surface area (Å²) >= 11 is 0. The maximum absolute atomic E-state index is 14.0. The van der Waals surface area contributed by atoms with Crippen LogP contribution in [0.5, 0.6) is 5.75 Å². The van der Waals surface area contributed by atoms with Gasteiger partial charge < -0.3 is 14.8 Å².